The van der Waals surface area contributed by atoms with Crippen LogP contribution in [0.4, 0.5) is 0 Å². The Hall–Kier alpha value is -3.41. The van der Waals surface area contributed by atoms with Crippen molar-refractivity contribution in [3.63, 3.8) is 0 Å². The number of carbonyl (C=O) groups is 2. The standard InChI is InChI=1S/C19H16N2O4/c1-12(18-20-11-16(25-18)13-6-3-2-4-7-13)21-17(22)14-8-5-9-15(10-14)19(23)24/h2-12H,1H3,(H,21,22)(H,23,24)/t12-/m1/s1. The molecule has 6 nitrogen and oxygen atoms in total. The largest absolute Gasteiger partial charge is 0.478 e. The number of carbonyl (C=O) groups excluding carboxylic acids is 1. The highest BCUT2D eigenvalue weighted by molar-refractivity contribution is 5.97. The molecule has 0 radical (unpaired) electrons. The summed E-state index contributed by atoms with van der Waals surface area (Å²) >= 11 is 0. The third-order valence-corrected chi connectivity index (χ3v) is 3.67. The summed E-state index contributed by atoms with van der Waals surface area (Å²) in [4.78, 5) is 27.5. The van der Waals surface area contributed by atoms with Crippen LogP contribution in [-0.2, 0) is 0 Å². The van der Waals surface area contributed by atoms with Gasteiger partial charge in [0, 0.05) is 11.1 Å². The monoisotopic (exact) mass is 336 g/mol. The van der Waals surface area contributed by atoms with Gasteiger partial charge in [-0.25, -0.2) is 9.78 Å². The molecule has 0 saturated carbocycles. The Morgan fingerprint density at radius 2 is 1.80 bits per heavy atom. The Morgan fingerprint density at radius 1 is 1.08 bits per heavy atom. The number of amides is 1. The van der Waals surface area contributed by atoms with Gasteiger partial charge in [-0.3, -0.25) is 4.79 Å². The summed E-state index contributed by atoms with van der Waals surface area (Å²) in [7, 11) is 0. The number of nitrogens with one attached hydrogen (secondary N) is 1. The van der Waals surface area contributed by atoms with Gasteiger partial charge in [-0.15, -0.1) is 0 Å². The average molecular weight is 336 g/mol. The fraction of sp³-hybridized carbons (Fsp3) is 0.105. The Balaban J connectivity index is 1.73. The van der Waals surface area contributed by atoms with Crippen molar-refractivity contribution in [1.82, 2.24) is 10.3 Å². The molecule has 0 aliphatic carbocycles. The van der Waals surface area contributed by atoms with Crippen LogP contribution < -0.4 is 5.32 Å². The molecular formula is C19H16N2O4. The maximum absolute atomic E-state index is 12.3. The van der Waals surface area contributed by atoms with Gasteiger partial charge in [-0.2, -0.15) is 0 Å². The molecule has 25 heavy (non-hydrogen) atoms. The van der Waals surface area contributed by atoms with Gasteiger partial charge in [0.25, 0.3) is 5.91 Å². The number of carboxylic acids is 1. The summed E-state index contributed by atoms with van der Waals surface area (Å²) in [5, 5.41) is 11.8. The average Bonchev–Trinajstić information content (AvgIpc) is 3.13. The van der Waals surface area contributed by atoms with E-state index in [2.05, 4.69) is 10.3 Å². The summed E-state index contributed by atoms with van der Waals surface area (Å²) in [5.41, 5.74) is 1.22. The van der Waals surface area contributed by atoms with Gasteiger partial charge in [0.1, 0.15) is 6.04 Å². The van der Waals surface area contributed by atoms with E-state index >= 15 is 0 Å². The lowest BCUT2D eigenvalue weighted by atomic mass is 10.1. The lowest BCUT2D eigenvalue weighted by Gasteiger charge is -2.10. The normalized spacial score (nSPS) is 11.7. The third-order valence-electron chi connectivity index (χ3n) is 3.67. The van der Waals surface area contributed by atoms with E-state index in [1.54, 1.807) is 19.2 Å². The molecule has 0 fully saturated rings. The van der Waals surface area contributed by atoms with Crippen LogP contribution in [0.15, 0.2) is 65.2 Å². The number of hydrogen-bond acceptors (Lipinski definition) is 4. The molecule has 1 atom stereocenters. The molecule has 3 rings (SSSR count). The maximum Gasteiger partial charge on any atom is 0.335 e. The zero-order valence-corrected chi connectivity index (χ0v) is 13.5. The summed E-state index contributed by atoms with van der Waals surface area (Å²) in [6, 6.07) is 14.9. The first-order valence-corrected chi connectivity index (χ1v) is 7.70. The molecule has 0 aliphatic heterocycles. The van der Waals surface area contributed by atoms with E-state index in [4.69, 9.17) is 9.52 Å². The molecule has 1 amide bonds. The molecular weight excluding hydrogens is 320 g/mol. The van der Waals surface area contributed by atoms with Gasteiger partial charge in [-0.05, 0) is 25.1 Å². The second-order valence-corrected chi connectivity index (χ2v) is 5.51. The first-order valence-electron chi connectivity index (χ1n) is 7.70. The molecule has 2 aromatic carbocycles. The van der Waals surface area contributed by atoms with E-state index in [0.717, 1.165) is 5.56 Å². The van der Waals surface area contributed by atoms with E-state index in [-0.39, 0.29) is 11.1 Å². The first-order chi connectivity index (χ1) is 12.0. The number of carboxylic acid groups (broad SMARTS) is 1. The van der Waals surface area contributed by atoms with Crippen molar-refractivity contribution >= 4 is 11.9 Å². The van der Waals surface area contributed by atoms with Crippen molar-refractivity contribution < 1.29 is 19.1 Å². The van der Waals surface area contributed by atoms with Crippen molar-refractivity contribution in [2.24, 2.45) is 0 Å². The molecule has 0 spiro atoms. The summed E-state index contributed by atoms with van der Waals surface area (Å²) in [5.74, 6) is -0.482. The molecule has 0 aliphatic rings. The zero-order valence-electron chi connectivity index (χ0n) is 13.5. The number of rotatable bonds is 5. The van der Waals surface area contributed by atoms with Crippen LogP contribution in [0.25, 0.3) is 11.3 Å². The number of aromatic carboxylic acids is 1. The quantitative estimate of drug-likeness (QED) is 0.743. The molecule has 6 heteroatoms. The Kier molecular flexibility index (Phi) is 4.61. The van der Waals surface area contributed by atoms with Crippen LogP contribution in [0.2, 0.25) is 0 Å². The summed E-state index contributed by atoms with van der Waals surface area (Å²) in [6.07, 6.45) is 1.61. The fourth-order valence-electron chi connectivity index (χ4n) is 2.36. The van der Waals surface area contributed by atoms with E-state index in [1.165, 1.54) is 18.2 Å². The second-order valence-electron chi connectivity index (χ2n) is 5.51. The number of aromatic nitrogens is 1. The van der Waals surface area contributed by atoms with E-state index in [9.17, 15) is 9.59 Å². The smallest absolute Gasteiger partial charge is 0.335 e. The lowest BCUT2D eigenvalue weighted by Crippen LogP contribution is -2.27. The van der Waals surface area contributed by atoms with Crippen LogP contribution in [-0.4, -0.2) is 22.0 Å². The van der Waals surface area contributed by atoms with Crippen molar-refractivity contribution in [3.05, 3.63) is 77.8 Å². The SMILES string of the molecule is C[C@@H](NC(=O)c1cccc(C(=O)O)c1)c1ncc(-c2ccccc2)o1. The Morgan fingerprint density at radius 3 is 2.52 bits per heavy atom. The van der Waals surface area contributed by atoms with E-state index < -0.39 is 17.9 Å². The molecule has 126 valence electrons. The predicted octanol–water partition coefficient (Wildman–Crippen LogP) is 3.53. The van der Waals surface area contributed by atoms with Crippen LogP contribution in [0.5, 0.6) is 0 Å². The Bertz CT molecular complexity index is 903. The minimum atomic E-state index is -1.08. The van der Waals surface area contributed by atoms with Gasteiger partial charge in [0.15, 0.2) is 5.76 Å². The van der Waals surface area contributed by atoms with Gasteiger partial charge < -0.3 is 14.8 Å². The van der Waals surface area contributed by atoms with Crippen LogP contribution in [0.1, 0.15) is 39.6 Å². The van der Waals surface area contributed by atoms with Crippen LogP contribution in [0.3, 0.4) is 0 Å². The molecule has 0 bridgehead atoms. The zero-order chi connectivity index (χ0) is 17.8. The second kappa shape index (κ2) is 7.00. The van der Waals surface area contributed by atoms with Crippen LogP contribution in [0, 0.1) is 0 Å². The molecule has 2 N–H and O–H groups in total. The molecule has 1 heterocycles. The van der Waals surface area contributed by atoms with Gasteiger partial charge in [0.05, 0.1) is 11.8 Å². The topological polar surface area (TPSA) is 92.4 Å². The van der Waals surface area contributed by atoms with E-state index in [0.29, 0.717) is 11.7 Å². The van der Waals surface area contributed by atoms with Gasteiger partial charge in [-0.1, -0.05) is 36.4 Å². The Labute approximate surface area is 144 Å². The van der Waals surface area contributed by atoms with Gasteiger partial charge >= 0.3 is 5.97 Å². The minimum Gasteiger partial charge on any atom is -0.478 e. The summed E-state index contributed by atoms with van der Waals surface area (Å²) in [6.45, 7) is 1.75. The molecule has 0 unspecified atom stereocenters. The lowest BCUT2D eigenvalue weighted by molar-refractivity contribution is 0.0697. The molecule has 0 saturated heterocycles. The number of nitrogens with zero attached hydrogens (tertiary/aromatic N) is 1. The predicted molar refractivity (Wildman–Crippen MR) is 91.2 cm³/mol. The number of oxazole rings is 1. The highest BCUT2D eigenvalue weighted by atomic mass is 16.4. The third kappa shape index (κ3) is 3.74. The molecule has 1 aromatic heterocycles. The highest BCUT2D eigenvalue weighted by Crippen LogP contribution is 2.22. The van der Waals surface area contributed by atoms with E-state index in [1.807, 2.05) is 30.3 Å². The van der Waals surface area contributed by atoms with Crippen molar-refractivity contribution in [2.75, 3.05) is 0 Å². The van der Waals surface area contributed by atoms with Crippen LogP contribution >= 0.6 is 0 Å². The maximum atomic E-state index is 12.3. The first kappa shape index (κ1) is 16.4. The van der Waals surface area contributed by atoms with Crippen molar-refractivity contribution in [1.29, 1.82) is 0 Å². The minimum absolute atomic E-state index is 0.0581. The van der Waals surface area contributed by atoms with Crippen molar-refractivity contribution in [2.45, 2.75) is 13.0 Å². The number of hydrogen-bond donors (Lipinski definition) is 2. The number of benzene rings is 2. The molecule has 3 aromatic rings. The fourth-order valence-corrected chi connectivity index (χ4v) is 2.36. The van der Waals surface area contributed by atoms with Crippen molar-refractivity contribution in [3.8, 4) is 11.3 Å². The summed E-state index contributed by atoms with van der Waals surface area (Å²) < 4.78 is 5.71. The van der Waals surface area contributed by atoms with Gasteiger partial charge in [0.2, 0.25) is 5.89 Å². The highest BCUT2D eigenvalue weighted by Gasteiger charge is 2.17.